The molecule has 1 aromatic rings. The number of halogens is 1. The van der Waals surface area contributed by atoms with Crippen LogP contribution in [-0.2, 0) is 6.42 Å². The number of benzene rings is 1. The minimum Gasteiger partial charge on any atom is -0.366 e. The van der Waals surface area contributed by atoms with E-state index >= 15 is 0 Å². The van der Waals surface area contributed by atoms with Crippen LogP contribution in [0, 0.1) is 5.82 Å². The Balaban J connectivity index is 1.88. The van der Waals surface area contributed by atoms with E-state index < -0.39 is 0 Å². The van der Waals surface area contributed by atoms with Crippen LogP contribution in [0.2, 0.25) is 0 Å². The molecule has 2 N–H and O–H groups in total. The van der Waals surface area contributed by atoms with Crippen molar-refractivity contribution in [3.05, 3.63) is 29.6 Å². The lowest BCUT2D eigenvalue weighted by atomic mass is 10.0. The summed E-state index contributed by atoms with van der Waals surface area (Å²) in [5.41, 5.74) is 8.67. The molecular weight excluding hydrogens is 227 g/mol. The van der Waals surface area contributed by atoms with Gasteiger partial charge in [-0.3, -0.25) is 0 Å². The third kappa shape index (κ3) is 2.12. The number of nitrogens with two attached hydrogens (primary N) is 1. The Labute approximate surface area is 108 Å². The zero-order chi connectivity index (χ0) is 12.5. The van der Waals surface area contributed by atoms with Gasteiger partial charge in [0.25, 0.3) is 0 Å². The lowest BCUT2D eigenvalue weighted by Crippen LogP contribution is -2.46. The number of hydrogen-bond donors (Lipinski definition) is 1. The highest BCUT2D eigenvalue weighted by Crippen LogP contribution is 2.34. The predicted molar refractivity (Wildman–Crippen MR) is 72.3 cm³/mol. The van der Waals surface area contributed by atoms with Crippen molar-refractivity contribution in [1.29, 1.82) is 0 Å². The van der Waals surface area contributed by atoms with Gasteiger partial charge in [0, 0.05) is 24.3 Å². The Morgan fingerprint density at radius 3 is 2.89 bits per heavy atom. The van der Waals surface area contributed by atoms with Crippen molar-refractivity contribution < 1.29 is 4.39 Å². The lowest BCUT2D eigenvalue weighted by Gasteiger charge is -2.33. The Morgan fingerprint density at radius 1 is 1.17 bits per heavy atom. The maximum absolute atomic E-state index is 13.4. The summed E-state index contributed by atoms with van der Waals surface area (Å²) in [5, 5.41) is 0. The van der Waals surface area contributed by atoms with E-state index in [1.165, 1.54) is 24.8 Å². The van der Waals surface area contributed by atoms with E-state index in [0.29, 0.717) is 6.04 Å². The average Bonchev–Trinajstić information content (AvgIpc) is 2.64. The first-order valence-corrected chi connectivity index (χ1v) is 7.06. The zero-order valence-electron chi connectivity index (χ0n) is 10.7. The number of hydrogen-bond acceptors (Lipinski definition) is 2. The van der Waals surface area contributed by atoms with E-state index in [-0.39, 0.29) is 11.9 Å². The van der Waals surface area contributed by atoms with E-state index in [1.54, 1.807) is 12.1 Å². The third-order valence-corrected chi connectivity index (χ3v) is 4.41. The highest BCUT2D eigenvalue weighted by molar-refractivity contribution is 5.59. The van der Waals surface area contributed by atoms with E-state index in [9.17, 15) is 4.39 Å². The Bertz CT molecular complexity index is 433. The monoisotopic (exact) mass is 248 g/mol. The topological polar surface area (TPSA) is 29.3 Å². The first-order chi connectivity index (χ1) is 8.75. The van der Waals surface area contributed by atoms with Gasteiger partial charge >= 0.3 is 0 Å². The van der Waals surface area contributed by atoms with Gasteiger partial charge in [0.2, 0.25) is 0 Å². The van der Waals surface area contributed by atoms with Crippen molar-refractivity contribution in [1.82, 2.24) is 0 Å². The van der Waals surface area contributed by atoms with Crippen LogP contribution >= 0.6 is 0 Å². The number of rotatable bonds is 1. The normalized spacial score (nSPS) is 28.0. The second-order valence-corrected chi connectivity index (χ2v) is 5.59. The van der Waals surface area contributed by atoms with Gasteiger partial charge < -0.3 is 10.6 Å². The van der Waals surface area contributed by atoms with Crippen LogP contribution in [0.5, 0.6) is 0 Å². The summed E-state index contributed by atoms with van der Waals surface area (Å²) in [4.78, 5) is 2.36. The SMILES string of the molecule is NC1CCCCCC1N1CCc2ccc(F)cc21. The fraction of sp³-hybridized carbons (Fsp3) is 0.600. The van der Waals surface area contributed by atoms with Crippen LogP contribution in [0.25, 0.3) is 0 Å². The molecule has 2 aliphatic rings. The smallest absolute Gasteiger partial charge is 0.125 e. The molecule has 1 heterocycles. The first-order valence-electron chi connectivity index (χ1n) is 7.06. The summed E-state index contributed by atoms with van der Waals surface area (Å²) in [5.74, 6) is -0.136. The van der Waals surface area contributed by atoms with E-state index in [2.05, 4.69) is 4.90 Å². The van der Waals surface area contributed by atoms with Crippen molar-refractivity contribution in [2.24, 2.45) is 5.73 Å². The number of nitrogens with zero attached hydrogens (tertiary/aromatic N) is 1. The van der Waals surface area contributed by atoms with Crippen LogP contribution in [0.3, 0.4) is 0 Å². The summed E-state index contributed by atoms with van der Waals surface area (Å²) in [7, 11) is 0. The van der Waals surface area contributed by atoms with Crippen molar-refractivity contribution in [2.75, 3.05) is 11.4 Å². The molecule has 18 heavy (non-hydrogen) atoms. The van der Waals surface area contributed by atoms with Crippen LogP contribution < -0.4 is 10.6 Å². The quantitative estimate of drug-likeness (QED) is 0.774. The van der Waals surface area contributed by atoms with Gasteiger partial charge in [0.05, 0.1) is 0 Å². The van der Waals surface area contributed by atoms with Crippen LogP contribution in [0.4, 0.5) is 10.1 Å². The molecule has 0 saturated heterocycles. The largest absolute Gasteiger partial charge is 0.366 e. The Kier molecular flexibility index (Phi) is 3.25. The molecular formula is C15H21FN2. The molecule has 1 aromatic carbocycles. The fourth-order valence-electron chi connectivity index (χ4n) is 3.43. The molecule has 0 bridgehead atoms. The standard InChI is InChI=1S/C15H21FN2/c16-12-7-6-11-8-9-18(15(11)10-12)14-5-3-1-2-4-13(14)17/h6-7,10,13-14H,1-5,8-9,17H2. The summed E-state index contributed by atoms with van der Waals surface area (Å²) >= 11 is 0. The van der Waals surface area contributed by atoms with Gasteiger partial charge in [0.15, 0.2) is 0 Å². The average molecular weight is 248 g/mol. The molecule has 1 saturated carbocycles. The molecule has 0 radical (unpaired) electrons. The maximum Gasteiger partial charge on any atom is 0.125 e. The first kappa shape index (κ1) is 12.0. The second kappa shape index (κ2) is 4.88. The molecule has 0 aromatic heterocycles. The minimum absolute atomic E-state index is 0.136. The van der Waals surface area contributed by atoms with Crippen molar-refractivity contribution in [3.8, 4) is 0 Å². The highest BCUT2D eigenvalue weighted by Gasteiger charge is 2.31. The van der Waals surface area contributed by atoms with Gasteiger partial charge in [-0.25, -0.2) is 4.39 Å². The fourth-order valence-corrected chi connectivity index (χ4v) is 3.43. The van der Waals surface area contributed by atoms with E-state index in [1.807, 2.05) is 6.07 Å². The van der Waals surface area contributed by atoms with Crippen LogP contribution in [0.1, 0.15) is 37.7 Å². The van der Waals surface area contributed by atoms with Crippen molar-refractivity contribution in [3.63, 3.8) is 0 Å². The van der Waals surface area contributed by atoms with E-state index in [0.717, 1.165) is 31.5 Å². The molecule has 98 valence electrons. The maximum atomic E-state index is 13.4. The zero-order valence-corrected chi connectivity index (χ0v) is 10.7. The molecule has 2 atom stereocenters. The van der Waals surface area contributed by atoms with Gasteiger partial charge in [-0.1, -0.05) is 25.3 Å². The van der Waals surface area contributed by atoms with Gasteiger partial charge in [-0.15, -0.1) is 0 Å². The summed E-state index contributed by atoms with van der Waals surface area (Å²) < 4.78 is 13.4. The van der Waals surface area contributed by atoms with Gasteiger partial charge in [0.1, 0.15) is 5.82 Å². The van der Waals surface area contributed by atoms with Crippen LogP contribution in [0.15, 0.2) is 18.2 Å². The molecule has 1 aliphatic heterocycles. The van der Waals surface area contributed by atoms with Crippen molar-refractivity contribution in [2.45, 2.75) is 50.6 Å². The molecule has 1 fully saturated rings. The second-order valence-electron chi connectivity index (χ2n) is 5.59. The van der Waals surface area contributed by atoms with Crippen LogP contribution in [-0.4, -0.2) is 18.6 Å². The number of fused-ring (bicyclic) bond motifs is 1. The molecule has 1 aliphatic carbocycles. The highest BCUT2D eigenvalue weighted by atomic mass is 19.1. The van der Waals surface area contributed by atoms with E-state index in [4.69, 9.17) is 5.73 Å². The molecule has 3 rings (SSSR count). The summed E-state index contributed by atoms with van der Waals surface area (Å²) in [6, 6.07) is 5.81. The number of anilines is 1. The van der Waals surface area contributed by atoms with Gasteiger partial charge in [-0.05, 0) is 37.0 Å². The summed E-state index contributed by atoms with van der Waals surface area (Å²) in [6.07, 6.45) is 7.05. The Morgan fingerprint density at radius 2 is 2.00 bits per heavy atom. The predicted octanol–water partition coefficient (Wildman–Crippen LogP) is 2.85. The lowest BCUT2D eigenvalue weighted by molar-refractivity contribution is 0.469. The Hall–Kier alpha value is -1.09. The van der Waals surface area contributed by atoms with Gasteiger partial charge in [-0.2, -0.15) is 0 Å². The minimum atomic E-state index is -0.136. The third-order valence-electron chi connectivity index (χ3n) is 4.41. The summed E-state index contributed by atoms with van der Waals surface area (Å²) in [6.45, 7) is 0.997. The molecule has 3 heteroatoms. The molecule has 2 unspecified atom stereocenters. The molecule has 0 amide bonds. The molecule has 2 nitrogen and oxygen atoms in total. The molecule has 0 spiro atoms. The van der Waals surface area contributed by atoms with Crippen molar-refractivity contribution >= 4 is 5.69 Å².